The first-order valence-electron chi connectivity index (χ1n) is 8.71. The van der Waals surface area contributed by atoms with Gasteiger partial charge in [0.05, 0.1) is 13.2 Å². The molecule has 1 aromatic heterocycles. The van der Waals surface area contributed by atoms with Crippen molar-refractivity contribution in [3.05, 3.63) is 34.6 Å². The molecule has 0 saturated carbocycles. The van der Waals surface area contributed by atoms with Crippen molar-refractivity contribution in [2.45, 2.75) is 26.9 Å². The lowest BCUT2D eigenvalue weighted by Gasteiger charge is -2.36. The fourth-order valence-electron chi connectivity index (χ4n) is 3.06. The zero-order valence-corrected chi connectivity index (χ0v) is 15.8. The maximum absolute atomic E-state index is 11.6. The Morgan fingerprint density at radius 3 is 2.77 bits per heavy atom. The van der Waals surface area contributed by atoms with Gasteiger partial charge < -0.3 is 9.64 Å². The van der Waals surface area contributed by atoms with E-state index in [1.807, 2.05) is 18.2 Å². The number of piperazine rings is 1. The number of carbonyl (C=O) groups is 1. The summed E-state index contributed by atoms with van der Waals surface area (Å²) in [5.41, 5.74) is 2.41. The van der Waals surface area contributed by atoms with Crippen LogP contribution in [0.1, 0.15) is 18.3 Å². The first kappa shape index (κ1) is 18.6. The highest BCUT2D eigenvalue weighted by molar-refractivity contribution is 6.30. The van der Waals surface area contributed by atoms with Crippen molar-refractivity contribution in [1.29, 1.82) is 0 Å². The quantitative estimate of drug-likeness (QED) is 0.705. The van der Waals surface area contributed by atoms with Crippen molar-refractivity contribution < 1.29 is 9.53 Å². The van der Waals surface area contributed by atoms with Gasteiger partial charge in [0.15, 0.2) is 5.82 Å². The van der Waals surface area contributed by atoms with Crippen LogP contribution in [0, 0.1) is 6.92 Å². The SMILES string of the molecule is CCOC(=O)Cn1nnnc1CN1CCN(c2cc(Cl)ccc2C)CC1. The van der Waals surface area contributed by atoms with Crippen LogP contribution in [-0.2, 0) is 22.6 Å². The van der Waals surface area contributed by atoms with Gasteiger partial charge in [0.1, 0.15) is 6.54 Å². The molecule has 8 nitrogen and oxygen atoms in total. The van der Waals surface area contributed by atoms with E-state index in [9.17, 15) is 4.79 Å². The molecule has 140 valence electrons. The van der Waals surface area contributed by atoms with E-state index in [2.05, 4.69) is 32.2 Å². The summed E-state index contributed by atoms with van der Waals surface area (Å²) in [4.78, 5) is 16.3. The molecular weight excluding hydrogens is 356 g/mol. The third-order valence-corrected chi connectivity index (χ3v) is 4.67. The number of carbonyl (C=O) groups excluding carboxylic acids is 1. The number of esters is 1. The van der Waals surface area contributed by atoms with Gasteiger partial charge in [-0.2, -0.15) is 0 Å². The summed E-state index contributed by atoms with van der Waals surface area (Å²) < 4.78 is 6.46. The maximum Gasteiger partial charge on any atom is 0.327 e. The Labute approximate surface area is 157 Å². The Hall–Kier alpha value is -2.19. The van der Waals surface area contributed by atoms with Crippen molar-refractivity contribution in [3.63, 3.8) is 0 Å². The largest absolute Gasteiger partial charge is 0.465 e. The first-order chi connectivity index (χ1) is 12.6. The molecular formula is C17H23ClN6O2. The number of rotatable bonds is 6. The van der Waals surface area contributed by atoms with Gasteiger partial charge in [-0.1, -0.05) is 17.7 Å². The second-order valence-electron chi connectivity index (χ2n) is 6.25. The van der Waals surface area contributed by atoms with E-state index in [4.69, 9.17) is 16.3 Å². The fraction of sp³-hybridized carbons (Fsp3) is 0.529. The number of ether oxygens (including phenoxy) is 1. The van der Waals surface area contributed by atoms with Gasteiger partial charge in [0, 0.05) is 36.9 Å². The molecule has 1 aliphatic heterocycles. The standard InChI is InChI=1S/C17H23ClN6O2/c1-3-26-17(25)12-24-16(19-20-21-24)11-22-6-8-23(9-7-22)15-10-14(18)5-4-13(15)2/h4-5,10H,3,6-9,11-12H2,1-2H3. The van der Waals surface area contributed by atoms with E-state index in [0.717, 1.165) is 31.2 Å². The average molecular weight is 379 g/mol. The highest BCUT2D eigenvalue weighted by Gasteiger charge is 2.21. The van der Waals surface area contributed by atoms with E-state index in [1.165, 1.54) is 15.9 Å². The Bertz CT molecular complexity index is 757. The van der Waals surface area contributed by atoms with Gasteiger partial charge in [-0.15, -0.1) is 5.10 Å². The number of aromatic nitrogens is 4. The molecule has 1 aliphatic rings. The Morgan fingerprint density at radius 2 is 2.04 bits per heavy atom. The first-order valence-corrected chi connectivity index (χ1v) is 9.08. The molecule has 0 atom stereocenters. The lowest BCUT2D eigenvalue weighted by atomic mass is 10.1. The molecule has 0 bridgehead atoms. The molecule has 0 spiro atoms. The van der Waals surface area contributed by atoms with E-state index in [1.54, 1.807) is 6.92 Å². The minimum atomic E-state index is -0.331. The van der Waals surface area contributed by atoms with Crippen LogP contribution in [0.15, 0.2) is 18.2 Å². The van der Waals surface area contributed by atoms with Gasteiger partial charge in [-0.05, 0) is 42.0 Å². The summed E-state index contributed by atoms with van der Waals surface area (Å²) in [5.74, 6) is 0.340. The van der Waals surface area contributed by atoms with Crippen LogP contribution in [0.25, 0.3) is 0 Å². The molecule has 0 unspecified atom stereocenters. The molecule has 0 radical (unpaired) electrons. The Kier molecular flexibility index (Phi) is 6.05. The summed E-state index contributed by atoms with van der Waals surface area (Å²) in [7, 11) is 0. The summed E-state index contributed by atoms with van der Waals surface area (Å²) >= 11 is 6.14. The van der Waals surface area contributed by atoms with Crippen LogP contribution in [0.4, 0.5) is 5.69 Å². The molecule has 9 heteroatoms. The zero-order valence-electron chi connectivity index (χ0n) is 15.1. The minimum Gasteiger partial charge on any atom is -0.465 e. The highest BCUT2D eigenvalue weighted by Crippen LogP contribution is 2.25. The van der Waals surface area contributed by atoms with Gasteiger partial charge >= 0.3 is 5.97 Å². The summed E-state index contributed by atoms with van der Waals surface area (Å²) in [5, 5.41) is 12.4. The van der Waals surface area contributed by atoms with Crippen LogP contribution in [0.3, 0.4) is 0 Å². The summed E-state index contributed by atoms with van der Waals surface area (Å²) in [6.45, 7) is 8.45. The Balaban J connectivity index is 1.57. The van der Waals surface area contributed by atoms with Crippen molar-refractivity contribution >= 4 is 23.3 Å². The van der Waals surface area contributed by atoms with E-state index >= 15 is 0 Å². The predicted octanol–water partition coefficient (Wildman–Crippen LogP) is 1.52. The molecule has 0 amide bonds. The average Bonchev–Trinajstić information content (AvgIpc) is 3.05. The van der Waals surface area contributed by atoms with Crippen LogP contribution in [0.5, 0.6) is 0 Å². The van der Waals surface area contributed by atoms with Crippen LogP contribution < -0.4 is 4.90 Å². The van der Waals surface area contributed by atoms with Crippen LogP contribution in [-0.4, -0.2) is 63.9 Å². The molecule has 0 aliphatic carbocycles. The third-order valence-electron chi connectivity index (χ3n) is 4.44. The van der Waals surface area contributed by atoms with Gasteiger partial charge in [0.2, 0.25) is 0 Å². The molecule has 2 heterocycles. The third kappa shape index (κ3) is 4.50. The van der Waals surface area contributed by atoms with Gasteiger partial charge in [-0.3, -0.25) is 9.69 Å². The lowest BCUT2D eigenvalue weighted by molar-refractivity contribution is -0.144. The van der Waals surface area contributed by atoms with Crippen LogP contribution >= 0.6 is 11.6 Å². The number of aryl methyl sites for hydroxylation is 1. The number of anilines is 1. The maximum atomic E-state index is 11.6. The molecule has 2 aromatic rings. The molecule has 26 heavy (non-hydrogen) atoms. The predicted molar refractivity (Wildman–Crippen MR) is 98.1 cm³/mol. The van der Waals surface area contributed by atoms with E-state index < -0.39 is 0 Å². The molecule has 0 N–H and O–H groups in total. The highest BCUT2D eigenvalue weighted by atomic mass is 35.5. The lowest BCUT2D eigenvalue weighted by Crippen LogP contribution is -2.46. The molecule has 1 saturated heterocycles. The number of hydrogen-bond acceptors (Lipinski definition) is 7. The van der Waals surface area contributed by atoms with Crippen molar-refractivity contribution in [3.8, 4) is 0 Å². The topological polar surface area (TPSA) is 76.4 Å². The van der Waals surface area contributed by atoms with Gasteiger partial charge in [-0.25, -0.2) is 4.68 Å². The monoisotopic (exact) mass is 378 g/mol. The van der Waals surface area contributed by atoms with Gasteiger partial charge in [0.25, 0.3) is 0 Å². The van der Waals surface area contributed by atoms with Crippen molar-refractivity contribution in [2.24, 2.45) is 0 Å². The number of benzene rings is 1. The second-order valence-corrected chi connectivity index (χ2v) is 6.69. The molecule has 1 fully saturated rings. The van der Waals surface area contributed by atoms with Crippen LogP contribution in [0.2, 0.25) is 5.02 Å². The smallest absolute Gasteiger partial charge is 0.327 e. The van der Waals surface area contributed by atoms with Crippen molar-refractivity contribution in [2.75, 3.05) is 37.7 Å². The fourth-order valence-corrected chi connectivity index (χ4v) is 3.22. The molecule has 3 rings (SSSR count). The minimum absolute atomic E-state index is 0.0395. The number of tetrazole rings is 1. The molecule has 1 aromatic carbocycles. The second kappa shape index (κ2) is 8.46. The normalized spacial score (nSPS) is 15.3. The Morgan fingerprint density at radius 1 is 1.27 bits per heavy atom. The number of halogens is 1. The van der Waals surface area contributed by atoms with E-state index in [-0.39, 0.29) is 12.5 Å². The number of nitrogens with zero attached hydrogens (tertiary/aromatic N) is 6. The van der Waals surface area contributed by atoms with E-state index in [0.29, 0.717) is 19.0 Å². The zero-order chi connectivity index (χ0) is 18.5. The summed E-state index contributed by atoms with van der Waals surface area (Å²) in [6.07, 6.45) is 0. The number of hydrogen-bond donors (Lipinski definition) is 0. The van der Waals surface area contributed by atoms with Crippen molar-refractivity contribution in [1.82, 2.24) is 25.1 Å². The summed E-state index contributed by atoms with van der Waals surface area (Å²) in [6, 6.07) is 5.99.